The molecule has 9 heteroatoms. The molecule has 0 aliphatic rings. The number of aromatic carboxylic acids is 1. The van der Waals surface area contributed by atoms with E-state index in [-0.39, 0.29) is 22.0 Å². The van der Waals surface area contributed by atoms with E-state index in [4.69, 9.17) is 9.84 Å². The van der Waals surface area contributed by atoms with Crippen LogP contribution >= 0.6 is 0 Å². The third kappa shape index (κ3) is 4.43. The lowest BCUT2D eigenvalue weighted by Crippen LogP contribution is -2.19. The van der Waals surface area contributed by atoms with Gasteiger partial charge in [0.25, 0.3) is 0 Å². The molecule has 0 aliphatic heterocycles. The van der Waals surface area contributed by atoms with Gasteiger partial charge in [0.05, 0.1) is 24.2 Å². The summed E-state index contributed by atoms with van der Waals surface area (Å²) in [6.45, 7) is 1.42. The molecule has 0 atom stereocenters. The maximum Gasteiger partial charge on any atom is 0.335 e. The molecule has 0 saturated heterocycles. The van der Waals surface area contributed by atoms with Crippen molar-refractivity contribution in [3.8, 4) is 5.75 Å². The van der Waals surface area contributed by atoms with Crippen LogP contribution in [0.25, 0.3) is 0 Å². The Morgan fingerprint density at radius 2 is 1.81 bits per heavy atom. The van der Waals surface area contributed by atoms with Crippen molar-refractivity contribution in [2.75, 3.05) is 24.4 Å². The third-order valence-corrected chi connectivity index (χ3v) is 6.54. The van der Waals surface area contributed by atoms with Crippen LogP contribution in [0.4, 0.5) is 0 Å². The summed E-state index contributed by atoms with van der Waals surface area (Å²) < 4.78 is 52.2. The SMILES string of the molecule is CCS(=O)(=O)CCS(=O)(=O)c1cc(C(=O)O)ccc1OC. The Labute approximate surface area is 123 Å². The molecule has 0 spiro atoms. The quantitative estimate of drug-likeness (QED) is 0.775. The molecule has 0 radical (unpaired) electrons. The van der Waals surface area contributed by atoms with Crippen LogP contribution in [-0.4, -0.2) is 52.3 Å². The van der Waals surface area contributed by atoms with E-state index >= 15 is 0 Å². The lowest BCUT2D eigenvalue weighted by atomic mass is 10.2. The van der Waals surface area contributed by atoms with Crippen molar-refractivity contribution in [2.24, 2.45) is 0 Å². The molecule has 21 heavy (non-hydrogen) atoms. The maximum absolute atomic E-state index is 12.2. The molecule has 0 saturated carbocycles. The summed E-state index contributed by atoms with van der Waals surface area (Å²) in [6, 6.07) is 3.41. The number of hydrogen-bond donors (Lipinski definition) is 1. The Kier molecular flexibility index (Phi) is 5.35. The van der Waals surface area contributed by atoms with Crippen LogP contribution < -0.4 is 4.74 Å². The molecule has 118 valence electrons. The van der Waals surface area contributed by atoms with Gasteiger partial charge in [-0.2, -0.15) is 0 Å². The smallest absolute Gasteiger partial charge is 0.335 e. The number of carboxylic acids is 1. The van der Waals surface area contributed by atoms with Crippen LogP contribution in [0.15, 0.2) is 23.1 Å². The standard InChI is InChI=1S/C12H16O7S2/c1-3-20(15,16)6-7-21(17,18)11-8-9(12(13)14)4-5-10(11)19-2/h4-5,8H,3,6-7H2,1-2H3,(H,13,14). The highest BCUT2D eigenvalue weighted by atomic mass is 32.2. The Bertz CT molecular complexity index is 733. The van der Waals surface area contributed by atoms with Gasteiger partial charge in [0.2, 0.25) is 0 Å². The highest BCUT2D eigenvalue weighted by Gasteiger charge is 2.24. The molecule has 1 aromatic rings. The molecule has 0 aromatic heterocycles. The number of carbonyl (C=O) groups is 1. The van der Waals surface area contributed by atoms with Crippen LogP contribution in [-0.2, 0) is 19.7 Å². The van der Waals surface area contributed by atoms with Gasteiger partial charge in [0.1, 0.15) is 10.6 Å². The van der Waals surface area contributed by atoms with Gasteiger partial charge in [-0.25, -0.2) is 21.6 Å². The van der Waals surface area contributed by atoms with Crippen molar-refractivity contribution < 1.29 is 31.5 Å². The molecule has 7 nitrogen and oxygen atoms in total. The Hall–Kier alpha value is -1.61. The largest absolute Gasteiger partial charge is 0.495 e. The number of benzene rings is 1. The zero-order valence-corrected chi connectivity index (χ0v) is 13.2. The zero-order chi connectivity index (χ0) is 16.3. The molecular formula is C12H16O7S2. The monoisotopic (exact) mass is 336 g/mol. The number of hydrogen-bond acceptors (Lipinski definition) is 6. The van der Waals surface area contributed by atoms with Crippen molar-refractivity contribution in [1.82, 2.24) is 0 Å². The minimum absolute atomic E-state index is 0.0195. The van der Waals surface area contributed by atoms with E-state index in [1.54, 1.807) is 0 Å². The number of rotatable bonds is 7. The van der Waals surface area contributed by atoms with E-state index in [1.165, 1.54) is 26.2 Å². The van der Waals surface area contributed by atoms with Crippen molar-refractivity contribution in [2.45, 2.75) is 11.8 Å². The first-order valence-electron chi connectivity index (χ1n) is 5.97. The third-order valence-electron chi connectivity index (χ3n) is 2.85. The summed E-state index contributed by atoms with van der Waals surface area (Å²) in [6.07, 6.45) is 0. The van der Waals surface area contributed by atoms with Gasteiger partial charge >= 0.3 is 5.97 Å². The fourth-order valence-electron chi connectivity index (χ4n) is 1.54. The van der Waals surface area contributed by atoms with E-state index in [1.807, 2.05) is 0 Å². The molecule has 0 heterocycles. The fourth-order valence-corrected chi connectivity index (χ4v) is 4.71. The van der Waals surface area contributed by atoms with Crippen LogP contribution in [0.2, 0.25) is 0 Å². The minimum Gasteiger partial charge on any atom is -0.495 e. The summed E-state index contributed by atoms with van der Waals surface area (Å²) >= 11 is 0. The molecule has 0 unspecified atom stereocenters. The van der Waals surface area contributed by atoms with Crippen molar-refractivity contribution in [3.63, 3.8) is 0 Å². The molecule has 0 amide bonds. The summed E-state index contributed by atoms with van der Waals surface area (Å²) in [5.41, 5.74) is -0.215. The number of sulfone groups is 2. The normalized spacial score (nSPS) is 12.1. The Morgan fingerprint density at radius 1 is 1.19 bits per heavy atom. The van der Waals surface area contributed by atoms with Crippen LogP contribution in [0.3, 0.4) is 0 Å². The maximum atomic E-state index is 12.2. The molecule has 0 aliphatic carbocycles. The minimum atomic E-state index is -3.97. The summed E-state index contributed by atoms with van der Waals surface area (Å²) in [5.74, 6) is -2.60. The van der Waals surface area contributed by atoms with Gasteiger partial charge in [0.15, 0.2) is 19.7 Å². The zero-order valence-electron chi connectivity index (χ0n) is 11.6. The number of carboxylic acid groups (broad SMARTS) is 1. The van der Waals surface area contributed by atoms with E-state index in [9.17, 15) is 21.6 Å². The van der Waals surface area contributed by atoms with Gasteiger partial charge in [-0.05, 0) is 18.2 Å². The van der Waals surface area contributed by atoms with Crippen molar-refractivity contribution >= 4 is 25.6 Å². The molecule has 1 aromatic carbocycles. The van der Waals surface area contributed by atoms with E-state index < -0.39 is 37.1 Å². The lowest BCUT2D eigenvalue weighted by Gasteiger charge is -2.10. The average Bonchev–Trinajstić information content (AvgIpc) is 2.44. The summed E-state index contributed by atoms with van der Waals surface area (Å²) in [5, 5.41) is 8.90. The second-order valence-corrected chi connectivity index (χ2v) is 8.78. The van der Waals surface area contributed by atoms with E-state index in [0.29, 0.717) is 0 Å². The second kappa shape index (κ2) is 6.44. The topological polar surface area (TPSA) is 115 Å². The predicted molar refractivity (Wildman–Crippen MR) is 76.3 cm³/mol. The first kappa shape index (κ1) is 17.4. The van der Waals surface area contributed by atoms with Crippen molar-refractivity contribution in [1.29, 1.82) is 0 Å². The van der Waals surface area contributed by atoms with E-state index in [2.05, 4.69) is 0 Å². The molecular weight excluding hydrogens is 320 g/mol. The predicted octanol–water partition coefficient (Wildman–Crippen LogP) is 0.602. The second-order valence-electron chi connectivity index (χ2n) is 4.23. The highest BCUT2D eigenvalue weighted by molar-refractivity contribution is 7.95. The fraction of sp³-hybridized carbons (Fsp3) is 0.417. The van der Waals surface area contributed by atoms with E-state index in [0.717, 1.165) is 6.07 Å². The summed E-state index contributed by atoms with van der Waals surface area (Å²) in [7, 11) is -6.17. The molecule has 0 bridgehead atoms. The summed E-state index contributed by atoms with van der Waals surface area (Å²) in [4.78, 5) is 10.6. The Morgan fingerprint density at radius 3 is 2.29 bits per heavy atom. The van der Waals surface area contributed by atoms with Crippen LogP contribution in [0, 0.1) is 0 Å². The molecule has 1 rings (SSSR count). The first-order valence-corrected chi connectivity index (χ1v) is 9.45. The average molecular weight is 336 g/mol. The highest BCUT2D eigenvalue weighted by Crippen LogP contribution is 2.26. The van der Waals surface area contributed by atoms with Gasteiger partial charge in [0, 0.05) is 5.75 Å². The van der Waals surface area contributed by atoms with Gasteiger partial charge in [-0.15, -0.1) is 0 Å². The number of methoxy groups -OCH3 is 1. The van der Waals surface area contributed by atoms with Gasteiger partial charge in [-0.1, -0.05) is 6.92 Å². The molecule has 1 N–H and O–H groups in total. The first-order chi connectivity index (χ1) is 9.63. The van der Waals surface area contributed by atoms with Crippen LogP contribution in [0.5, 0.6) is 5.75 Å². The number of ether oxygens (including phenoxy) is 1. The Balaban J connectivity index is 3.23. The van der Waals surface area contributed by atoms with Gasteiger partial charge < -0.3 is 9.84 Å². The molecule has 0 fully saturated rings. The van der Waals surface area contributed by atoms with Gasteiger partial charge in [-0.3, -0.25) is 0 Å². The lowest BCUT2D eigenvalue weighted by molar-refractivity contribution is 0.0696. The van der Waals surface area contributed by atoms with Crippen LogP contribution in [0.1, 0.15) is 17.3 Å². The van der Waals surface area contributed by atoms with Crippen molar-refractivity contribution in [3.05, 3.63) is 23.8 Å².